The Hall–Kier alpha value is -3.90. The van der Waals surface area contributed by atoms with Gasteiger partial charge in [-0.25, -0.2) is 0 Å². The highest BCUT2D eigenvalue weighted by molar-refractivity contribution is 5.75. The monoisotopic (exact) mass is 420 g/mol. The van der Waals surface area contributed by atoms with Crippen LogP contribution in [0.25, 0.3) is 22.3 Å². The Balaban J connectivity index is 1.33. The van der Waals surface area contributed by atoms with Gasteiger partial charge in [0.1, 0.15) is 0 Å². The van der Waals surface area contributed by atoms with Gasteiger partial charge in [0.25, 0.3) is 0 Å². The Morgan fingerprint density at radius 1 is 0.364 bits per heavy atom. The van der Waals surface area contributed by atoms with Crippen molar-refractivity contribution in [3.8, 4) is 22.3 Å². The molecular weight excluding hydrogens is 396 g/mol. The summed E-state index contributed by atoms with van der Waals surface area (Å²) in [5, 5.41) is 0. The van der Waals surface area contributed by atoms with Crippen LogP contribution in [0.5, 0.6) is 0 Å². The maximum absolute atomic E-state index is 2.44. The van der Waals surface area contributed by atoms with E-state index in [2.05, 4.69) is 122 Å². The summed E-state index contributed by atoms with van der Waals surface area (Å²) < 4.78 is 0. The van der Waals surface area contributed by atoms with Gasteiger partial charge in [0.05, 0.1) is 0 Å². The first-order valence-electron chi connectivity index (χ1n) is 11.8. The second-order valence-electron chi connectivity index (χ2n) is 9.41. The number of rotatable bonds is 2. The minimum atomic E-state index is 0.323. The predicted octanol–water partition coefficient (Wildman–Crippen LogP) is 8.32. The van der Waals surface area contributed by atoms with E-state index in [4.69, 9.17) is 0 Å². The van der Waals surface area contributed by atoms with E-state index in [0.29, 0.717) is 11.8 Å². The Labute approximate surface area is 195 Å². The summed E-state index contributed by atoms with van der Waals surface area (Å²) in [7, 11) is 0. The van der Waals surface area contributed by atoms with E-state index in [9.17, 15) is 0 Å². The molecule has 0 nitrogen and oxygen atoms in total. The normalized spacial score (nSPS) is 17.2. The molecule has 0 heterocycles. The maximum Gasteiger partial charge on any atom is 0.0349 e. The lowest BCUT2D eigenvalue weighted by Gasteiger charge is -2.42. The first kappa shape index (κ1) is 18.7. The standard InChI is InChI=1S/C33H24/c1-21-10-12-22(13-11-21)23-14-16-24(17-15-23)25-18-19-30-31(20-25)33-28-8-4-2-6-26(28)32(30)27-7-3-5-9-29(27)33/h2-20,32-33H,1H3. The molecule has 0 spiro atoms. The largest absolute Gasteiger partial charge is 0.0619 e. The minimum Gasteiger partial charge on any atom is -0.0619 e. The first-order valence-corrected chi connectivity index (χ1v) is 11.8. The highest BCUT2D eigenvalue weighted by atomic mass is 14.4. The quantitative estimate of drug-likeness (QED) is 0.264. The van der Waals surface area contributed by atoms with Crippen molar-refractivity contribution in [2.75, 3.05) is 0 Å². The summed E-state index contributed by atoms with van der Waals surface area (Å²) in [5.74, 6) is 0.666. The number of hydrogen-bond donors (Lipinski definition) is 0. The van der Waals surface area contributed by atoms with Crippen LogP contribution in [-0.4, -0.2) is 0 Å². The first-order chi connectivity index (χ1) is 16.3. The molecule has 3 aliphatic rings. The van der Waals surface area contributed by atoms with Crippen molar-refractivity contribution in [2.24, 2.45) is 0 Å². The van der Waals surface area contributed by atoms with E-state index in [1.807, 2.05) is 0 Å². The predicted molar refractivity (Wildman–Crippen MR) is 137 cm³/mol. The fraction of sp³-hybridized carbons (Fsp3) is 0.0909. The Bertz CT molecular complexity index is 1460. The van der Waals surface area contributed by atoms with Gasteiger partial charge in [0, 0.05) is 11.8 Å². The van der Waals surface area contributed by atoms with Crippen LogP contribution in [-0.2, 0) is 0 Å². The van der Waals surface area contributed by atoms with Crippen molar-refractivity contribution < 1.29 is 0 Å². The number of hydrogen-bond acceptors (Lipinski definition) is 0. The van der Waals surface area contributed by atoms with E-state index in [0.717, 1.165) is 0 Å². The summed E-state index contributed by atoms with van der Waals surface area (Å²) in [6.45, 7) is 2.13. The molecule has 5 aromatic carbocycles. The molecule has 0 unspecified atom stereocenters. The fourth-order valence-electron chi connectivity index (χ4n) is 5.95. The SMILES string of the molecule is Cc1ccc(-c2ccc(-c3ccc4c(c3)C3c5ccccc5C4c4ccccc43)cc2)cc1. The van der Waals surface area contributed by atoms with Gasteiger partial charge in [-0.2, -0.15) is 0 Å². The van der Waals surface area contributed by atoms with Crippen LogP contribution in [0.2, 0.25) is 0 Å². The van der Waals surface area contributed by atoms with Gasteiger partial charge in [0.2, 0.25) is 0 Å². The molecule has 0 heteroatoms. The third-order valence-electron chi connectivity index (χ3n) is 7.55. The number of aryl methyl sites for hydroxylation is 1. The van der Waals surface area contributed by atoms with Crippen LogP contribution in [0.4, 0.5) is 0 Å². The van der Waals surface area contributed by atoms with Gasteiger partial charge in [-0.05, 0) is 68.6 Å². The molecule has 0 fully saturated rings. The van der Waals surface area contributed by atoms with Gasteiger partial charge in [-0.1, -0.05) is 115 Å². The maximum atomic E-state index is 2.44. The zero-order valence-electron chi connectivity index (χ0n) is 18.6. The average molecular weight is 421 g/mol. The van der Waals surface area contributed by atoms with Crippen molar-refractivity contribution >= 4 is 0 Å². The van der Waals surface area contributed by atoms with Crippen molar-refractivity contribution in [3.63, 3.8) is 0 Å². The van der Waals surface area contributed by atoms with Crippen LogP contribution in [0, 0.1) is 6.92 Å². The molecule has 0 amide bonds. The minimum absolute atomic E-state index is 0.323. The van der Waals surface area contributed by atoms with Crippen molar-refractivity contribution in [2.45, 2.75) is 18.8 Å². The highest BCUT2D eigenvalue weighted by Crippen LogP contribution is 2.56. The molecule has 0 saturated carbocycles. The summed E-state index contributed by atoms with van der Waals surface area (Å²) in [5.41, 5.74) is 15.2. The van der Waals surface area contributed by atoms with Crippen LogP contribution >= 0.6 is 0 Å². The topological polar surface area (TPSA) is 0 Å². The highest BCUT2D eigenvalue weighted by Gasteiger charge is 2.40. The molecule has 8 rings (SSSR count). The summed E-state index contributed by atoms with van der Waals surface area (Å²) in [6, 6.07) is 43.0. The van der Waals surface area contributed by atoms with E-state index < -0.39 is 0 Å². The molecule has 0 N–H and O–H groups in total. The summed E-state index contributed by atoms with van der Waals surface area (Å²) in [6.07, 6.45) is 0. The van der Waals surface area contributed by atoms with Crippen LogP contribution in [0.3, 0.4) is 0 Å². The Morgan fingerprint density at radius 3 is 1.24 bits per heavy atom. The fourth-order valence-corrected chi connectivity index (χ4v) is 5.95. The zero-order chi connectivity index (χ0) is 21.9. The molecule has 0 atom stereocenters. The van der Waals surface area contributed by atoms with E-state index >= 15 is 0 Å². The number of benzene rings is 5. The van der Waals surface area contributed by atoms with E-state index in [1.54, 1.807) is 0 Å². The molecule has 33 heavy (non-hydrogen) atoms. The van der Waals surface area contributed by atoms with Gasteiger partial charge in [-0.3, -0.25) is 0 Å². The third-order valence-corrected chi connectivity index (χ3v) is 7.55. The lowest BCUT2D eigenvalue weighted by atomic mass is 9.61. The molecule has 0 saturated heterocycles. The van der Waals surface area contributed by atoms with Gasteiger partial charge in [0.15, 0.2) is 0 Å². The lowest BCUT2D eigenvalue weighted by Crippen LogP contribution is -2.27. The van der Waals surface area contributed by atoms with Crippen molar-refractivity contribution in [1.29, 1.82) is 0 Å². The second-order valence-corrected chi connectivity index (χ2v) is 9.41. The molecular formula is C33H24. The Kier molecular flexibility index (Phi) is 3.98. The van der Waals surface area contributed by atoms with Crippen LogP contribution in [0.15, 0.2) is 115 Å². The molecule has 0 aromatic heterocycles. The molecule has 0 radical (unpaired) electrons. The smallest absolute Gasteiger partial charge is 0.0349 e. The molecule has 5 aromatic rings. The molecule has 2 bridgehead atoms. The van der Waals surface area contributed by atoms with Gasteiger partial charge in [-0.15, -0.1) is 0 Å². The third kappa shape index (κ3) is 2.77. The average Bonchev–Trinajstić information content (AvgIpc) is 2.88. The van der Waals surface area contributed by atoms with E-state index in [-0.39, 0.29) is 0 Å². The van der Waals surface area contributed by atoms with Crippen molar-refractivity contribution in [1.82, 2.24) is 0 Å². The van der Waals surface area contributed by atoms with Crippen LogP contribution in [0.1, 0.15) is 50.8 Å². The molecule has 156 valence electrons. The zero-order valence-corrected chi connectivity index (χ0v) is 18.6. The molecule has 0 aliphatic heterocycles. The summed E-state index contributed by atoms with van der Waals surface area (Å²) >= 11 is 0. The van der Waals surface area contributed by atoms with Gasteiger partial charge >= 0.3 is 0 Å². The Morgan fingerprint density at radius 2 is 0.727 bits per heavy atom. The van der Waals surface area contributed by atoms with Crippen molar-refractivity contribution in [3.05, 3.63) is 154 Å². The molecule has 3 aliphatic carbocycles. The van der Waals surface area contributed by atoms with Gasteiger partial charge < -0.3 is 0 Å². The lowest BCUT2D eigenvalue weighted by molar-refractivity contribution is 0.755. The van der Waals surface area contributed by atoms with Crippen LogP contribution < -0.4 is 0 Å². The van der Waals surface area contributed by atoms with E-state index in [1.165, 1.54) is 61.2 Å². The summed E-state index contributed by atoms with van der Waals surface area (Å²) in [4.78, 5) is 0. The second kappa shape index (κ2) is 7.05.